The highest BCUT2D eigenvalue weighted by Gasteiger charge is 2.25. The Labute approximate surface area is 177 Å². The summed E-state index contributed by atoms with van der Waals surface area (Å²) in [5.74, 6) is 1.26. The second-order valence-electron chi connectivity index (χ2n) is 7.78. The van der Waals surface area contributed by atoms with E-state index in [9.17, 15) is 4.79 Å². The molecule has 29 heavy (non-hydrogen) atoms. The molecule has 158 valence electrons. The van der Waals surface area contributed by atoms with Crippen molar-refractivity contribution in [1.82, 2.24) is 19.7 Å². The van der Waals surface area contributed by atoms with Crippen molar-refractivity contribution < 1.29 is 9.53 Å². The van der Waals surface area contributed by atoms with Crippen LogP contribution in [0.25, 0.3) is 5.69 Å². The molecule has 2 heterocycles. The van der Waals surface area contributed by atoms with Gasteiger partial charge in [0.2, 0.25) is 11.9 Å². The van der Waals surface area contributed by atoms with E-state index in [1.807, 2.05) is 17.0 Å². The maximum absolute atomic E-state index is 12.8. The Morgan fingerprint density at radius 3 is 2.41 bits per heavy atom. The van der Waals surface area contributed by atoms with Gasteiger partial charge in [-0.05, 0) is 46.2 Å². The fraction of sp³-hybridized carbons (Fsp3) is 0.571. The Kier molecular flexibility index (Phi) is 7.18. The standard InChI is InChI=1S/C21H31N5O2S/c1-15(2)25(16(3)4)19(27)14-29-21-23-22-20(24-10-12-28-13-11-24)26(21)18-9-7-6-8-17(18)5/h6-9,15-16H,10-14H2,1-5H3. The van der Waals surface area contributed by atoms with Gasteiger partial charge in [-0.1, -0.05) is 30.0 Å². The molecule has 0 N–H and O–H groups in total. The van der Waals surface area contributed by atoms with Crippen molar-refractivity contribution in [2.75, 3.05) is 37.0 Å². The molecule has 7 nitrogen and oxygen atoms in total. The van der Waals surface area contributed by atoms with Crippen molar-refractivity contribution >= 4 is 23.6 Å². The number of hydrogen-bond donors (Lipinski definition) is 0. The highest BCUT2D eigenvalue weighted by Crippen LogP contribution is 2.29. The average Bonchev–Trinajstić information content (AvgIpc) is 3.10. The van der Waals surface area contributed by atoms with E-state index in [2.05, 4.69) is 66.4 Å². The maximum atomic E-state index is 12.8. The zero-order valence-electron chi connectivity index (χ0n) is 18.0. The summed E-state index contributed by atoms with van der Waals surface area (Å²) < 4.78 is 7.57. The van der Waals surface area contributed by atoms with E-state index in [1.165, 1.54) is 11.8 Å². The van der Waals surface area contributed by atoms with Crippen molar-refractivity contribution in [3.05, 3.63) is 29.8 Å². The Bertz CT molecular complexity index is 822. The molecular weight excluding hydrogens is 386 g/mol. The monoisotopic (exact) mass is 417 g/mol. The summed E-state index contributed by atoms with van der Waals surface area (Å²) in [6, 6.07) is 8.53. The number of aromatic nitrogens is 3. The molecule has 1 aliphatic rings. The molecule has 0 aliphatic carbocycles. The number of benzene rings is 1. The normalized spacial score (nSPS) is 14.7. The van der Waals surface area contributed by atoms with Crippen molar-refractivity contribution in [2.24, 2.45) is 0 Å². The molecule has 0 bridgehead atoms. The third-order valence-electron chi connectivity index (χ3n) is 4.99. The maximum Gasteiger partial charge on any atom is 0.233 e. The Balaban J connectivity index is 1.90. The lowest BCUT2D eigenvalue weighted by atomic mass is 10.2. The molecular formula is C21H31N5O2S. The first-order valence-corrected chi connectivity index (χ1v) is 11.2. The van der Waals surface area contributed by atoms with Crippen LogP contribution < -0.4 is 4.90 Å². The van der Waals surface area contributed by atoms with Crippen LogP contribution in [0.2, 0.25) is 0 Å². The zero-order chi connectivity index (χ0) is 21.0. The molecule has 2 aromatic rings. The summed E-state index contributed by atoms with van der Waals surface area (Å²) >= 11 is 1.45. The second-order valence-corrected chi connectivity index (χ2v) is 8.72. The van der Waals surface area contributed by atoms with E-state index >= 15 is 0 Å². The van der Waals surface area contributed by atoms with Crippen molar-refractivity contribution in [2.45, 2.75) is 51.9 Å². The number of ether oxygens (including phenoxy) is 1. The SMILES string of the molecule is Cc1ccccc1-n1c(SCC(=O)N(C(C)C)C(C)C)nnc1N1CCOCC1. The van der Waals surface area contributed by atoms with Crippen LogP contribution in [0.5, 0.6) is 0 Å². The summed E-state index contributed by atoms with van der Waals surface area (Å²) in [6.07, 6.45) is 0. The molecule has 0 spiro atoms. The first kappa shape index (κ1) is 21.6. The fourth-order valence-electron chi connectivity index (χ4n) is 3.72. The van der Waals surface area contributed by atoms with E-state index in [0.29, 0.717) is 19.0 Å². The molecule has 0 radical (unpaired) electrons. The first-order valence-electron chi connectivity index (χ1n) is 10.2. The number of morpholine rings is 1. The summed E-state index contributed by atoms with van der Waals surface area (Å²) in [4.78, 5) is 17.0. The van der Waals surface area contributed by atoms with E-state index < -0.39 is 0 Å². The summed E-state index contributed by atoms with van der Waals surface area (Å²) in [5.41, 5.74) is 2.18. The highest BCUT2D eigenvalue weighted by atomic mass is 32.2. The molecule has 0 saturated carbocycles. The lowest BCUT2D eigenvalue weighted by Crippen LogP contribution is -2.43. The Hall–Kier alpha value is -2.06. The number of anilines is 1. The van der Waals surface area contributed by atoms with E-state index in [1.54, 1.807) is 0 Å². The number of rotatable bonds is 7. The number of carbonyl (C=O) groups is 1. The van der Waals surface area contributed by atoms with Crippen molar-refractivity contribution in [3.63, 3.8) is 0 Å². The van der Waals surface area contributed by atoms with Gasteiger partial charge in [0.15, 0.2) is 5.16 Å². The number of hydrogen-bond acceptors (Lipinski definition) is 6. The van der Waals surface area contributed by atoms with Gasteiger partial charge in [-0.3, -0.25) is 9.36 Å². The summed E-state index contributed by atoms with van der Waals surface area (Å²) in [5, 5.41) is 9.68. The number of aryl methyl sites for hydroxylation is 1. The average molecular weight is 418 g/mol. The number of thioether (sulfide) groups is 1. The number of carbonyl (C=O) groups excluding carboxylic acids is 1. The van der Waals surface area contributed by atoms with Crippen LogP contribution in [0.4, 0.5) is 5.95 Å². The number of nitrogens with zero attached hydrogens (tertiary/aromatic N) is 5. The quantitative estimate of drug-likeness (QED) is 0.645. The van der Waals surface area contributed by atoms with Gasteiger partial charge < -0.3 is 14.5 Å². The van der Waals surface area contributed by atoms with Crippen molar-refractivity contribution in [1.29, 1.82) is 0 Å². The first-order chi connectivity index (χ1) is 13.9. The number of amides is 1. The Morgan fingerprint density at radius 2 is 1.79 bits per heavy atom. The predicted molar refractivity (Wildman–Crippen MR) is 117 cm³/mol. The van der Waals surface area contributed by atoms with Gasteiger partial charge in [-0.2, -0.15) is 0 Å². The minimum absolute atomic E-state index is 0.118. The molecule has 1 fully saturated rings. The third kappa shape index (κ3) is 4.93. The minimum atomic E-state index is 0.118. The molecule has 0 atom stereocenters. The van der Waals surface area contributed by atoms with Gasteiger partial charge >= 0.3 is 0 Å². The molecule has 1 aliphatic heterocycles. The van der Waals surface area contributed by atoms with Gasteiger partial charge in [-0.25, -0.2) is 0 Å². The fourth-order valence-corrected chi connectivity index (χ4v) is 4.53. The van der Waals surface area contributed by atoms with E-state index in [4.69, 9.17) is 4.74 Å². The molecule has 0 unspecified atom stereocenters. The van der Waals surface area contributed by atoms with Crippen LogP contribution in [-0.4, -0.2) is 69.7 Å². The topological polar surface area (TPSA) is 63.5 Å². The number of para-hydroxylation sites is 1. The van der Waals surface area contributed by atoms with Crippen LogP contribution in [0.15, 0.2) is 29.4 Å². The van der Waals surface area contributed by atoms with Crippen LogP contribution in [-0.2, 0) is 9.53 Å². The van der Waals surface area contributed by atoms with Gasteiger partial charge in [0.05, 0.1) is 24.7 Å². The molecule has 1 aromatic heterocycles. The lowest BCUT2D eigenvalue weighted by Gasteiger charge is -2.30. The Morgan fingerprint density at radius 1 is 1.14 bits per heavy atom. The summed E-state index contributed by atoms with van der Waals surface area (Å²) in [7, 11) is 0. The van der Waals surface area contributed by atoms with Gasteiger partial charge in [0.25, 0.3) is 0 Å². The van der Waals surface area contributed by atoms with Crippen LogP contribution in [0, 0.1) is 6.92 Å². The minimum Gasteiger partial charge on any atom is -0.378 e. The highest BCUT2D eigenvalue weighted by molar-refractivity contribution is 7.99. The van der Waals surface area contributed by atoms with Gasteiger partial charge in [0.1, 0.15) is 0 Å². The molecule has 1 aromatic carbocycles. The van der Waals surface area contributed by atoms with Gasteiger partial charge in [-0.15, -0.1) is 10.2 Å². The largest absolute Gasteiger partial charge is 0.378 e. The van der Waals surface area contributed by atoms with Gasteiger partial charge in [0, 0.05) is 25.2 Å². The van der Waals surface area contributed by atoms with E-state index in [0.717, 1.165) is 35.4 Å². The third-order valence-corrected chi connectivity index (χ3v) is 5.91. The molecule has 8 heteroatoms. The van der Waals surface area contributed by atoms with Crippen LogP contribution in [0.3, 0.4) is 0 Å². The second kappa shape index (κ2) is 9.63. The zero-order valence-corrected chi connectivity index (χ0v) is 18.8. The lowest BCUT2D eigenvalue weighted by molar-refractivity contribution is -0.131. The van der Waals surface area contributed by atoms with Crippen LogP contribution >= 0.6 is 11.8 Å². The smallest absolute Gasteiger partial charge is 0.233 e. The molecule has 3 rings (SSSR count). The van der Waals surface area contributed by atoms with Crippen molar-refractivity contribution in [3.8, 4) is 5.69 Å². The predicted octanol–water partition coefficient (Wildman–Crippen LogP) is 3.15. The molecule has 1 amide bonds. The van der Waals surface area contributed by atoms with Crippen LogP contribution in [0.1, 0.15) is 33.3 Å². The molecule has 1 saturated heterocycles. The summed E-state index contributed by atoms with van der Waals surface area (Å²) in [6.45, 7) is 13.2. The van der Waals surface area contributed by atoms with E-state index in [-0.39, 0.29) is 18.0 Å².